The molecule has 6 aromatic carbocycles. The van der Waals surface area contributed by atoms with E-state index < -0.39 is 0 Å². The number of hydrogen-bond donors (Lipinski definition) is 6. The van der Waals surface area contributed by atoms with Crippen molar-refractivity contribution < 1.29 is 27.7 Å². The SMILES string of the molecule is NCCCc1ccc(Br)cc1.NCCOc1cccc(Br)c1.NCCOc1cccc(F)c1.NCCOc1ccccc1Cl.NCCOc1ccccc1F.NCCSc1ccc(Cl)c(Cl)c1. The Morgan fingerprint density at radius 2 is 1.01 bits per heavy atom. The molecule has 0 atom stereocenters. The van der Waals surface area contributed by atoms with Gasteiger partial charge in [0.25, 0.3) is 0 Å². The van der Waals surface area contributed by atoms with Gasteiger partial charge < -0.3 is 53.3 Å². The lowest BCUT2D eigenvalue weighted by molar-refractivity contribution is 0.311. The van der Waals surface area contributed by atoms with Crippen LogP contribution in [0.25, 0.3) is 0 Å². The monoisotopic (exact) mass is 1130 g/mol. The maximum atomic E-state index is 12.7. The number of nitrogens with two attached hydrogens (primary N) is 6. The fraction of sp³-hybridized carbons (Fsp3) is 0.265. The molecule has 6 aromatic rings. The lowest BCUT2D eigenvalue weighted by Gasteiger charge is -2.04. The number of hydrogen-bond acceptors (Lipinski definition) is 11. The molecule has 0 fully saturated rings. The van der Waals surface area contributed by atoms with E-state index >= 15 is 0 Å². The Balaban J connectivity index is 0.000000402. The van der Waals surface area contributed by atoms with Gasteiger partial charge in [0.1, 0.15) is 49.5 Å². The Hall–Kier alpha value is -3.68. The van der Waals surface area contributed by atoms with Crippen molar-refractivity contribution in [1.29, 1.82) is 0 Å². The van der Waals surface area contributed by atoms with Crippen LogP contribution in [-0.2, 0) is 6.42 Å². The second-order valence-electron chi connectivity index (χ2n) is 13.1. The van der Waals surface area contributed by atoms with E-state index in [9.17, 15) is 8.78 Å². The third-order valence-corrected chi connectivity index (χ3v) is 10.8. The Labute approximate surface area is 430 Å². The minimum atomic E-state index is -0.346. The largest absolute Gasteiger partial charge is 0.492 e. The van der Waals surface area contributed by atoms with Crippen molar-refractivity contribution in [2.24, 2.45) is 34.4 Å². The molecule has 366 valence electrons. The molecule has 0 spiro atoms. The molecule has 0 aromatic heterocycles. The highest BCUT2D eigenvalue weighted by Gasteiger charge is 2.01. The number of aryl methyl sites for hydroxylation is 1. The first kappa shape index (κ1) is 61.3. The van der Waals surface area contributed by atoms with Crippen LogP contribution in [0.15, 0.2) is 153 Å². The molecule has 0 heterocycles. The third-order valence-electron chi connectivity index (χ3n) is 7.65. The van der Waals surface area contributed by atoms with Crippen LogP contribution in [0.5, 0.6) is 23.0 Å². The van der Waals surface area contributed by atoms with Gasteiger partial charge in [-0.1, -0.05) is 115 Å². The second kappa shape index (κ2) is 40.2. The maximum Gasteiger partial charge on any atom is 0.165 e. The number of halogens is 7. The molecular formula is C49H61Br2Cl3F2N6O4S. The summed E-state index contributed by atoms with van der Waals surface area (Å²) in [4.78, 5) is 1.11. The van der Waals surface area contributed by atoms with Crippen LogP contribution in [0.4, 0.5) is 8.78 Å². The number of benzene rings is 6. The van der Waals surface area contributed by atoms with Crippen molar-refractivity contribution in [1.82, 2.24) is 0 Å². The molecule has 0 saturated carbocycles. The molecule has 10 nitrogen and oxygen atoms in total. The molecule has 0 saturated heterocycles. The number of ether oxygens (including phenoxy) is 4. The van der Waals surface area contributed by atoms with Gasteiger partial charge in [-0.25, -0.2) is 8.78 Å². The fourth-order valence-electron chi connectivity index (χ4n) is 4.63. The van der Waals surface area contributed by atoms with Crippen molar-refractivity contribution in [3.63, 3.8) is 0 Å². The van der Waals surface area contributed by atoms with Gasteiger partial charge >= 0.3 is 0 Å². The molecule has 0 unspecified atom stereocenters. The first-order valence-corrected chi connectivity index (χ1v) is 24.7. The standard InChI is InChI=1S/C9H12BrN.C8H10BrNO.C8H9Cl2NS.C8H10ClNO.2C8H10FNO/c10-9-5-3-8(4-6-9)2-1-7-11;9-7-2-1-3-8(6-7)11-5-4-10;9-7-2-1-6(5-8(7)10)12-4-3-11;9-7-3-1-2-4-8(7)11-6-5-10;9-7-2-1-3-8(6-7)11-5-4-10;9-7-3-1-2-4-8(7)11-6-5-10/h3-6H,1-2,7,11H2;1-3,6H,4-5,10H2;1-2,5H,3-4,11H2;1-4H,5-6,10H2;1-3,6H,4-5,10H2;1-4H,5-6,10H2. The van der Waals surface area contributed by atoms with Gasteiger partial charge in [0.15, 0.2) is 11.6 Å². The van der Waals surface area contributed by atoms with Gasteiger partial charge in [0.2, 0.25) is 0 Å². The van der Waals surface area contributed by atoms with Crippen molar-refractivity contribution in [2.75, 3.05) is 71.4 Å². The van der Waals surface area contributed by atoms with Gasteiger partial charge in [0.05, 0.1) is 15.1 Å². The van der Waals surface area contributed by atoms with Crippen molar-refractivity contribution >= 4 is 78.4 Å². The minimum absolute atomic E-state index is 0.262. The summed E-state index contributed by atoms with van der Waals surface area (Å²) in [5.41, 5.74) is 33.0. The Bertz CT molecular complexity index is 2080. The van der Waals surface area contributed by atoms with Crippen molar-refractivity contribution in [3.8, 4) is 23.0 Å². The Morgan fingerprint density at radius 3 is 1.55 bits per heavy atom. The van der Waals surface area contributed by atoms with E-state index in [4.69, 9.17) is 88.2 Å². The van der Waals surface area contributed by atoms with E-state index in [-0.39, 0.29) is 17.4 Å². The van der Waals surface area contributed by atoms with Gasteiger partial charge in [0, 0.05) is 58.4 Å². The number of rotatable bonds is 18. The fourth-order valence-corrected chi connectivity index (χ4v) is 6.54. The molecule has 12 N–H and O–H groups in total. The molecule has 0 aliphatic rings. The summed E-state index contributed by atoms with van der Waals surface area (Å²) in [6.45, 7) is 5.17. The van der Waals surface area contributed by atoms with E-state index in [2.05, 4.69) is 56.1 Å². The van der Waals surface area contributed by atoms with Crippen LogP contribution >= 0.6 is 78.4 Å². The number of thioether (sulfide) groups is 1. The highest BCUT2D eigenvalue weighted by atomic mass is 79.9. The summed E-state index contributed by atoms with van der Waals surface area (Å²) in [7, 11) is 0. The van der Waals surface area contributed by atoms with Crippen LogP contribution in [0, 0.1) is 11.6 Å². The first-order valence-electron chi connectivity index (χ1n) is 20.9. The summed E-state index contributed by atoms with van der Waals surface area (Å²) < 4.78 is 48.0. The maximum absolute atomic E-state index is 12.7. The van der Waals surface area contributed by atoms with Crippen molar-refractivity contribution in [2.45, 2.75) is 17.7 Å². The van der Waals surface area contributed by atoms with Crippen LogP contribution in [-0.4, -0.2) is 71.4 Å². The van der Waals surface area contributed by atoms with E-state index in [1.165, 1.54) is 23.8 Å². The molecule has 18 heteroatoms. The van der Waals surface area contributed by atoms with E-state index in [1.807, 2.05) is 54.6 Å². The van der Waals surface area contributed by atoms with E-state index in [0.717, 1.165) is 44.7 Å². The summed E-state index contributed by atoms with van der Waals surface area (Å²) in [6, 6.07) is 41.2. The Kier molecular flexibility index (Phi) is 36.8. The zero-order valence-electron chi connectivity index (χ0n) is 37.1. The lowest BCUT2D eigenvalue weighted by Crippen LogP contribution is -2.11. The molecule has 0 aliphatic carbocycles. The highest BCUT2D eigenvalue weighted by Crippen LogP contribution is 2.28. The summed E-state index contributed by atoms with van der Waals surface area (Å²) in [5.74, 6) is 2.59. The van der Waals surface area contributed by atoms with Crippen LogP contribution in [0.3, 0.4) is 0 Å². The van der Waals surface area contributed by atoms with Gasteiger partial charge in [-0.3, -0.25) is 0 Å². The van der Waals surface area contributed by atoms with Gasteiger partial charge in [-0.15, -0.1) is 11.8 Å². The zero-order valence-corrected chi connectivity index (χ0v) is 43.4. The molecule has 67 heavy (non-hydrogen) atoms. The summed E-state index contributed by atoms with van der Waals surface area (Å²) >= 11 is 25.8. The average Bonchev–Trinajstić information content (AvgIpc) is 3.33. The molecule has 0 bridgehead atoms. The molecule has 0 aliphatic heterocycles. The molecule has 0 amide bonds. The first-order chi connectivity index (χ1) is 32.4. The van der Waals surface area contributed by atoms with Gasteiger partial charge in [-0.2, -0.15) is 0 Å². The summed E-state index contributed by atoms with van der Waals surface area (Å²) in [5, 5.41) is 1.81. The van der Waals surface area contributed by atoms with E-state index in [0.29, 0.717) is 85.7 Å². The minimum Gasteiger partial charge on any atom is -0.492 e. The van der Waals surface area contributed by atoms with Gasteiger partial charge in [-0.05, 0) is 110 Å². The molecule has 0 radical (unpaired) electrons. The summed E-state index contributed by atoms with van der Waals surface area (Å²) in [6.07, 6.45) is 2.16. The number of para-hydroxylation sites is 2. The third kappa shape index (κ3) is 31.1. The predicted octanol–water partition coefficient (Wildman–Crippen LogP) is 11.2. The normalized spacial score (nSPS) is 9.81. The van der Waals surface area contributed by atoms with Crippen LogP contribution in [0.1, 0.15) is 12.0 Å². The highest BCUT2D eigenvalue weighted by molar-refractivity contribution is 9.10. The molecular weight excluding hydrogens is 1070 g/mol. The predicted molar refractivity (Wildman–Crippen MR) is 284 cm³/mol. The lowest BCUT2D eigenvalue weighted by atomic mass is 10.1. The van der Waals surface area contributed by atoms with Crippen LogP contribution < -0.4 is 53.3 Å². The topological polar surface area (TPSA) is 193 Å². The smallest absolute Gasteiger partial charge is 0.165 e. The quantitative estimate of drug-likeness (QED) is 0.0449. The Morgan fingerprint density at radius 1 is 0.463 bits per heavy atom. The second-order valence-corrected chi connectivity index (χ2v) is 17.3. The molecule has 6 rings (SSSR count). The zero-order chi connectivity index (χ0) is 49.5. The van der Waals surface area contributed by atoms with Crippen LogP contribution in [0.2, 0.25) is 15.1 Å². The van der Waals surface area contributed by atoms with Crippen molar-refractivity contribution in [3.05, 3.63) is 181 Å². The van der Waals surface area contributed by atoms with E-state index in [1.54, 1.807) is 54.2 Å². The average molecular weight is 1130 g/mol.